The van der Waals surface area contributed by atoms with E-state index in [4.69, 9.17) is 4.74 Å². The first-order chi connectivity index (χ1) is 16.4. The number of hydrogen-bond donors (Lipinski definition) is 1. The van der Waals surface area contributed by atoms with Gasteiger partial charge in [0.15, 0.2) is 0 Å². The van der Waals surface area contributed by atoms with Crippen LogP contribution in [0.3, 0.4) is 0 Å². The quantitative estimate of drug-likeness (QED) is 0.481. The third kappa shape index (κ3) is 6.26. The molecule has 10 heteroatoms. The second-order valence-corrected chi connectivity index (χ2v) is 10.9. The van der Waals surface area contributed by atoms with Gasteiger partial charge in [0.2, 0.25) is 15.9 Å². The van der Waals surface area contributed by atoms with Gasteiger partial charge in [0.1, 0.15) is 12.4 Å². The summed E-state index contributed by atoms with van der Waals surface area (Å²) in [4.78, 5) is 17.0. The number of benzene rings is 2. The number of piperidine rings is 1. The van der Waals surface area contributed by atoms with Crippen LogP contribution in [-0.2, 0) is 32.7 Å². The Labute approximate surface area is 202 Å². The lowest BCUT2D eigenvalue weighted by molar-refractivity contribution is -0.126. The second-order valence-electron chi connectivity index (χ2n) is 8.06. The minimum Gasteiger partial charge on any atom is -0.367 e. The highest BCUT2D eigenvalue weighted by molar-refractivity contribution is 7.89. The van der Waals surface area contributed by atoms with Gasteiger partial charge in [-0.25, -0.2) is 17.8 Å². The molecule has 1 amide bonds. The van der Waals surface area contributed by atoms with Crippen LogP contribution in [0.15, 0.2) is 64.9 Å². The lowest BCUT2D eigenvalue weighted by Gasteiger charge is -2.30. The van der Waals surface area contributed by atoms with Crippen LogP contribution >= 0.6 is 11.3 Å². The minimum absolute atomic E-state index is 0.0945. The number of nitrogens with one attached hydrogen (secondary N) is 1. The summed E-state index contributed by atoms with van der Waals surface area (Å²) in [6, 6.07) is 14.4. The van der Waals surface area contributed by atoms with E-state index in [1.165, 1.54) is 23.5 Å². The molecule has 3 aromatic rings. The van der Waals surface area contributed by atoms with Gasteiger partial charge in [-0.2, -0.15) is 4.31 Å². The van der Waals surface area contributed by atoms with Gasteiger partial charge in [0, 0.05) is 24.4 Å². The average Bonchev–Trinajstić information content (AvgIpc) is 3.34. The standard InChI is InChI=1S/C24H26FN3O4S2/c25-20-8-6-18(7-9-20)15-32-16-23(29)26-14-21-17-33-24(27-21)19-10-12-28(13-11-19)34(30,31)22-4-2-1-3-5-22/h1-9,17,19H,10-16H2,(H,26,29). The largest absolute Gasteiger partial charge is 0.367 e. The Hall–Kier alpha value is -2.66. The fourth-order valence-corrected chi connectivity index (χ4v) is 6.24. The summed E-state index contributed by atoms with van der Waals surface area (Å²) in [5.74, 6) is -0.362. The van der Waals surface area contributed by atoms with Crippen molar-refractivity contribution < 1.29 is 22.3 Å². The van der Waals surface area contributed by atoms with Crippen LogP contribution in [0.2, 0.25) is 0 Å². The Morgan fingerprint density at radius 3 is 2.53 bits per heavy atom. The van der Waals surface area contributed by atoms with Crippen molar-refractivity contribution in [2.24, 2.45) is 0 Å². The van der Waals surface area contributed by atoms with Crippen LogP contribution < -0.4 is 5.32 Å². The Kier molecular flexibility index (Phi) is 8.04. The zero-order chi connectivity index (χ0) is 24.0. The van der Waals surface area contributed by atoms with Gasteiger partial charge in [0.05, 0.1) is 28.7 Å². The van der Waals surface area contributed by atoms with E-state index in [0.29, 0.717) is 37.4 Å². The molecule has 0 aliphatic carbocycles. The van der Waals surface area contributed by atoms with Gasteiger partial charge < -0.3 is 10.1 Å². The van der Waals surface area contributed by atoms with Crippen molar-refractivity contribution in [3.8, 4) is 0 Å². The average molecular weight is 504 g/mol. The smallest absolute Gasteiger partial charge is 0.246 e. The second kappa shape index (κ2) is 11.2. The molecular weight excluding hydrogens is 477 g/mol. The fraction of sp³-hybridized carbons (Fsp3) is 0.333. The maximum Gasteiger partial charge on any atom is 0.246 e. The van der Waals surface area contributed by atoms with Crippen LogP contribution in [0, 0.1) is 5.82 Å². The molecule has 4 rings (SSSR count). The van der Waals surface area contributed by atoms with Gasteiger partial charge >= 0.3 is 0 Å². The summed E-state index contributed by atoms with van der Waals surface area (Å²) in [5, 5.41) is 5.67. The first-order valence-electron chi connectivity index (χ1n) is 11.0. The van der Waals surface area contributed by atoms with Crippen molar-refractivity contribution in [2.45, 2.75) is 36.8 Å². The number of halogens is 1. The van der Waals surface area contributed by atoms with E-state index in [2.05, 4.69) is 10.3 Å². The van der Waals surface area contributed by atoms with Crippen molar-refractivity contribution in [3.05, 3.63) is 82.1 Å². The molecule has 0 radical (unpaired) electrons. The zero-order valence-corrected chi connectivity index (χ0v) is 20.2. The van der Waals surface area contributed by atoms with Gasteiger partial charge in [0.25, 0.3) is 0 Å². The molecule has 7 nitrogen and oxygen atoms in total. The molecule has 1 aromatic heterocycles. The highest BCUT2D eigenvalue weighted by Gasteiger charge is 2.30. The summed E-state index contributed by atoms with van der Waals surface area (Å²) in [5.41, 5.74) is 1.56. The Bertz CT molecular complexity index is 1190. The Morgan fingerprint density at radius 1 is 1.12 bits per heavy atom. The lowest BCUT2D eigenvalue weighted by atomic mass is 9.99. The van der Waals surface area contributed by atoms with E-state index >= 15 is 0 Å². The number of thiazole rings is 1. The van der Waals surface area contributed by atoms with E-state index in [-0.39, 0.29) is 30.9 Å². The normalized spacial score (nSPS) is 15.3. The van der Waals surface area contributed by atoms with Crippen molar-refractivity contribution in [1.82, 2.24) is 14.6 Å². The van der Waals surface area contributed by atoms with Crippen LogP contribution in [0.4, 0.5) is 4.39 Å². The number of carbonyl (C=O) groups is 1. The molecule has 0 unspecified atom stereocenters. The van der Waals surface area contributed by atoms with Gasteiger partial charge in [-0.3, -0.25) is 4.79 Å². The number of carbonyl (C=O) groups excluding carboxylic acids is 1. The SMILES string of the molecule is O=C(COCc1ccc(F)cc1)NCc1csc(C2CCN(S(=O)(=O)c3ccccc3)CC2)n1. The number of amides is 1. The first kappa shape index (κ1) is 24.5. The maximum absolute atomic E-state index is 12.9. The summed E-state index contributed by atoms with van der Waals surface area (Å²) in [7, 11) is -3.47. The molecule has 0 saturated carbocycles. The van der Waals surface area contributed by atoms with Gasteiger partial charge in [-0.1, -0.05) is 30.3 Å². The number of ether oxygens (including phenoxy) is 1. The predicted octanol–water partition coefficient (Wildman–Crippen LogP) is 3.68. The van der Waals surface area contributed by atoms with E-state index < -0.39 is 10.0 Å². The molecule has 0 bridgehead atoms. The van der Waals surface area contributed by atoms with Crippen molar-refractivity contribution in [2.75, 3.05) is 19.7 Å². The monoisotopic (exact) mass is 503 g/mol. The molecule has 1 aliphatic heterocycles. The van der Waals surface area contributed by atoms with Gasteiger partial charge in [-0.05, 0) is 42.7 Å². The van der Waals surface area contributed by atoms with E-state index in [0.717, 1.165) is 16.3 Å². The van der Waals surface area contributed by atoms with Gasteiger partial charge in [-0.15, -0.1) is 11.3 Å². The lowest BCUT2D eigenvalue weighted by Crippen LogP contribution is -2.37. The molecule has 0 spiro atoms. The Morgan fingerprint density at radius 2 is 1.82 bits per heavy atom. The van der Waals surface area contributed by atoms with E-state index in [1.54, 1.807) is 46.8 Å². The minimum atomic E-state index is -3.47. The van der Waals surface area contributed by atoms with Crippen molar-refractivity contribution in [3.63, 3.8) is 0 Å². The molecule has 1 fully saturated rings. The summed E-state index contributed by atoms with van der Waals surface area (Å²) in [6.45, 7) is 1.35. The molecule has 2 aromatic carbocycles. The number of sulfonamides is 1. The highest BCUT2D eigenvalue weighted by Crippen LogP contribution is 2.32. The topological polar surface area (TPSA) is 88.6 Å². The van der Waals surface area contributed by atoms with Crippen molar-refractivity contribution in [1.29, 1.82) is 0 Å². The molecule has 180 valence electrons. The molecule has 1 N–H and O–H groups in total. The number of aromatic nitrogens is 1. The van der Waals surface area contributed by atoms with Crippen molar-refractivity contribution >= 4 is 27.3 Å². The number of hydrogen-bond acceptors (Lipinski definition) is 6. The van der Waals surface area contributed by atoms with Crippen LogP contribution in [0.5, 0.6) is 0 Å². The molecule has 1 saturated heterocycles. The zero-order valence-electron chi connectivity index (χ0n) is 18.5. The summed E-state index contributed by atoms with van der Waals surface area (Å²) in [6.07, 6.45) is 1.42. The van der Waals surface area contributed by atoms with Crippen LogP contribution in [0.1, 0.15) is 35.0 Å². The maximum atomic E-state index is 12.9. The molecule has 34 heavy (non-hydrogen) atoms. The highest BCUT2D eigenvalue weighted by atomic mass is 32.2. The molecule has 1 aliphatic rings. The number of rotatable bonds is 9. The summed E-state index contributed by atoms with van der Waals surface area (Å²) >= 11 is 1.54. The molecule has 2 heterocycles. The third-order valence-electron chi connectivity index (χ3n) is 5.64. The first-order valence-corrected chi connectivity index (χ1v) is 13.3. The third-order valence-corrected chi connectivity index (χ3v) is 8.60. The fourth-order valence-electron chi connectivity index (χ4n) is 3.76. The molecular formula is C24H26FN3O4S2. The predicted molar refractivity (Wildman–Crippen MR) is 127 cm³/mol. The summed E-state index contributed by atoms with van der Waals surface area (Å²) < 4.78 is 45.4. The van der Waals surface area contributed by atoms with E-state index in [9.17, 15) is 17.6 Å². The number of nitrogens with zero attached hydrogens (tertiary/aromatic N) is 2. The van der Waals surface area contributed by atoms with Crippen LogP contribution in [-0.4, -0.2) is 43.3 Å². The Balaban J connectivity index is 1.21. The van der Waals surface area contributed by atoms with Crippen LogP contribution in [0.25, 0.3) is 0 Å². The molecule has 0 atom stereocenters. The van der Waals surface area contributed by atoms with E-state index in [1.807, 2.05) is 5.38 Å².